The number of rotatable bonds is 5. The molecule has 6 nitrogen and oxygen atoms in total. The maximum absolute atomic E-state index is 11.7. The molecule has 1 aromatic carbocycles. The summed E-state index contributed by atoms with van der Waals surface area (Å²) < 4.78 is 0. The lowest BCUT2D eigenvalue weighted by molar-refractivity contribution is 0.0922. The van der Waals surface area contributed by atoms with Crippen molar-refractivity contribution >= 4 is 11.9 Å². The van der Waals surface area contributed by atoms with Crippen LogP contribution in [0.2, 0.25) is 0 Å². The fourth-order valence-electron chi connectivity index (χ4n) is 1.32. The fourth-order valence-corrected chi connectivity index (χ4v) is 1.32. The Kier molecular flexibility index (Phi) is 5.13. The molecule has 0 radical (unpaired) electrons. The van der Waals surface area contributed by atoms with Gasteiger partial charge in [-0.05, 0) is 24.6 Å². The van der Waals surface area contributed by atoms with Gasteiger partial charge in [0.1, 0.15) is 0 Å². The topological polar surface area (TPSA) is 104 Å². The van der Waals surface area contributed by atoms with Crippen molar-refractivity contribution in [2.75, 3.05) is 6.61 Å². The molecule has 1 rings (SSSR count). The number of benzene rings is 1. The van der Waals surface area contributed by atoms with E-state index >= 15 is 0 Å². The Balaban J connectivity index is 2.59. The molecule has 0 spiro atoms. The predicted octanol–water partition coefficient (Wildman–Crippen LogP) is -0.0345. The van der Waals surface area contributed by atoms with Crippen molar-refractivity contribution in [3.63, 3.8) is 0 Å². The first kappa shape index (κ1) is 14.0. The van der Waals surface area contributed by atoms with Crippen LogP contribution in [0.5, 0.6) is 0 Å². The Hall–Kier alpha value is -2.08. The molecule has 1 unspecified atom stereocenters. The molecule has 18 heavy (non-hydrogen) atoms. The summed E-state index contributed by atoms with van der Waals surface area (Å²) in [5.41, 5.74) is 6.30. The maximum Gasteiger partial charge on any atom is 0.312 e. The van der Waals surface area contributed by atoms with Crippen molar-refractivity contribution in [2.45, 2.75) is 19.5 Å². The van der Waals surface area contributed by atoms with E-state index in [0.29, 0.717) is 12.1 Å². The molecule has 0 aliphatic rings. The minimum atomic E-state index is -0.589. The standard InChI is InChI=1S/C12H17N3O3/c1-8(7-16)15-11(17)10-4-2-9(3-5-10)6-14-12(13)18/h2-5,8,16H,6-7H2,1H3,(H,15,17)(H3,13,14,18). The molecule has 0 aromatic heterocycles. The molecular weight excluding hydrogens is 234 g/mol. The zero-order valence-electron chi connectivity index (χ0n) is 10.1. The van der Waals surface area contributed by atoms with Crippen LogP contribution in [0.15, 0.2) is 24.3 Å². The van der Waals surface area contributed by atoms with Crippen LogP contribution in [0.3, 0.4) is 0 Å². The summed E-state index contributed by atoms with van der Waals surface area (Å²) in [5, 5.41) is 13.9. The van der Waals surface area contributed by atoms with Gasteiger partial charge in [0.05, 0.1) is 6.61 Å². The van der Waals surface area contributed by atoms with Crippen molar-refractivity contribution < 1.29 is 14.7 Å². The fraction of sp³-hybridized carbons (Fsp3) is 0.333. The Morgan fingerprint density at radius 2 is 1.94 bits per heavy atom. The first-order valence-corrected chi connectivity index (χ1v) is 5.57. The molecule has 3 amide bonds. The second kappa shape index (κ2) is 6.61. The molecule has 6 heteroatoms. The monoisotopic (exact) mass is 251 g/mol. The van der Waals surface area contributed by atoms with Crippen molar-refractivity contribution in [1.82, 2.24) is 10.6 Å². The lowest BCUT2D eigenvalue weighted by atomic mass is 10.1. The van der Waals surface area contributed by atoms with Crippen LogP contribution >= 0.6 is 0 Å². The number of primary amides is 1. The zero-order chi connectivity index (χ0) is 13.5. The van der Waals surface area contributed by atoms with Gasteiger partial charge in [-0.1, -0.05) is 12.1 Å². The summed E-state index contributed by atoms with van der Waals surface area (Å²) in [6, 6.07) is 5.89. The van der Waals surface area contributed by atoms with E-state index in [0.717, 1.165) is 5.56 Å². The van der Waals surface area contributed by atoms with Crippen LogP contribution < -0.4 is 16.4 Å². The van der Waals surface area contributed by atoms with Gasteiger partial charge >= 0.3 is 6.03 Å². The maximum atomic E-state index is 11.7. The second-order valence-corrected chi connectivity index (χ2v) is 3.97. The van der Waals surface area contributed by atoms with E-state index in [1.807, 2.05) is 0 Å². The van der Waals surface area contributed by atoms with Crippen LogP contribution in [0.25, 0.3) is 0 Å². The Bertz CT molecular complexity index is 417. The Morgan fingerprint density at radius 1 is 1.33 bits per heavy atom. The van der Waals surface area contributed by atoms with Gasteiger partial charge < -0.3 is 21.5 Å². The van der Waals surface area contributed by atoms with Crippen LogP contribution in [0.1, 0.15) is 22.8 Å². The van der Waals surface area contributed by atoms with Crippen molar-refractivity contribution in [3.8, 4) is 0 Å². The third kappa shape index (κ3) is 4.42. The van der Waals surface area contributed by atoms with Gasteiger partial charge in [0.15, 0.2) is 0 Å². The molecule has 1 atom stereocenters. The molecule has 5 N–H and O–H groups in total. The van der Waals surface area contributed by atoms with E-state index in [9.17, 15) is 9.59 Å². The van der Waals surface area contributed by atoms with Gasteiger partial charge in [0, 0.05) is 18.2 Å². The Labute approximate surface area is 105 Å². The highest BCUT2D eigenvalue weighted by atomic mass is 16.3. The quantitative estimate of drug-likeness (QED) is 0.590. The SMILES string of the molecule is CC(CO)NC(=O)c1ccc(CNC(N)=O)cc1. The molecule has 0 heterocycles. The van der Waals surface area contributed by atoms with E-state index in [4.69, 9.17) is 10.8 Å². The average molecular weight is 251 g/mol. The molecule has 0 bridgehead atoms. The molecule has 0 aliphatic heterocycles. The predicted molar refractivity (Wildman–Crippen MR) is 66.9 cm³/mol. The molecular formula is C12H17N3O3. The number of aliphatic hydroxyl groups excluding tert-OH is 1. The van der Waals surface area contributed by atoms with Gasteiger partial charge in [0.25, 0.3) is 5.91 Å². The van der Waals surface area contributed by atoms with Crippen molar-refractivity contribution in [2.24, 2.45) is 5.73 Å². The van der Waals surface area contributed by atoms with E-state index in [-0.39, 0.29) is 18.6 Å². The molecule has 0 fully saturated rings. The van der Waals surface area contributed by atoms with Gasteiger partial charge in [-0.2, -0.15) is 0 Å². The van der Waals surface area contributed by atoms with E-state index in [1.165, 1.54) is 0 Å². The number of urea groups is 1. The minimum absolute atomic E-state index is 0.105. The summed E-state index contributed by atoms with van der Waals surface area (Å²) in [5.74, 6) is -0.244. The largest absolute Gasteiger partial charge is 0.394 e. The number of carbonyl (C=O) groups is 2. The first-order chi connectivity index (χ1) is 8.52. The number of hydrogen-bond donors (Lipinski definition) is 4. The summed E-state index contributed by atoms with van der Waals surface area (Å²) in [7, 11) is 0. The van der Waals surface area contributed by atoms with Crippen LogP contribution in [-0.4, -0.2) is 29.7 Å². The lowest BCUT2D eigenvalue weighted by Crippen LogP contribution is -2.35. The van der Waals surface area contributed by atoms with Gasteiger partial charge in [-0.3, -0.25) is 4.79 Å². The summed E-state index contributed by atoms with van der Waals surface area (Å²) in [6.45, 7) is 1.93. The highest BCUT2D eigenvalue weighted by molar-refractivity contribution is 5.94. The average Bonchev–Trinajstić information content (AvgIpc) is 2.36. The van der Waals surface area contributed by atoms with Crippen molar-refractivity contribution in [3.05, 3.63) is 35.4 Å². The summed E-state index contributed by atoms with van der Waals surface area (Å²) in [6.07, 6.45) is 0. The lowest BCUT2D eigenvalue weighted by Gasteiger charge is -2.11. The highest BCUT2D eigenvalue weighted by Crippen LogP contribution is 2.04. The molecule has 1 aromatic rings. The van der Waals surface area contributed by atoms with Crippen LogP contribution in [0.4, 0.5) is 4.79 Å². The minimum Gasteiger partial charge on any atom is -0.394 e. The van der Waals surface area contributed by atoms with Gasteiger partial charge in [-0.15, -0.1) is 0 Å². The number of carbonyl (C=O) groups excluding carboxylic acids is 2. The number of aliphatic hydroxyl groups is 1. The normalized spacial score (nSPS) is 11.7. The Morgan fingerprint density at radius 3 is 2.44 bits per heavy atom. The smallest absolute Gasteiger partial charge is 0.312 e. The molecule has 0 saturated heterocycles. The summed E-state index contributed by atoms with van der Waals surface area (Å²) in [4.78, 5) is 22.2. The number of amides is 3. The third-order valence-corrected chi connectivity index (χ3v) is 2.33. The van der Waals surface area contributed by atoms with Crippen molar-refractivity contribution in [1.29, 1.82) is 0 Å². The molecule has 98 valence electrons. The second-order valence-electron chi connectivity index (χ2n) is 3.97. The molecule has 0 saturated carbocycles. The number of nitrogens with one attached hydrogen (secondary N) is 2. The van der Waals surface area contributed by atoms with E-state index < -0.39 is 6.03 Å². The number of hydrogen-bond acceptors (Lipinski definition) is 3. The number of nitrogens with two attached hydrogens (primary N) is 1. The van der Waals surface area contributed by atoms with E-state index in [2.05, 4.69) is 10.6 Å². The van der Waals surface area contributed by atoms with Crippen LogP contribution in [0, 0.1) is 0 Å². The first-order valence-electron chi connectivity index (χ1n) is 5.57. The molecule has 0 aliphatic carbocycles. The van der Waals surface area contributed by atoms with Gasteiger partial charge in [-0.25, -0.2) is 4.79 Å². The summed E-state index contributed by atoms with van der Waals surface area (Å²) >= 11 is 0. The van der Waals surface area contributed by atoms with Gasteiger partial charge in [0.2, 0.25) is 0 Å². The van der Waals surface area contributed by atoms with E-state index in [1.54, 1.807) is 31.2 Å². The zero-order valence-corrected chi connectivity index (χ0v) is 10.1. The third-order valence-electron chi connectivity index (χ3n) is 2.33. The highest BCUT2D eigenvalue weighted by Gasteiger charge is 2.08. The van der Waals surface area contributed by atoms with Crippen LogP contribution in [-0.2, 0) is 6.54 Å².